The Morgan fingerprint density at radius 3 is 2.52 bits per heavy atom. The Kier molecular flexibility index (Phi) is 8.99. The van der Waals surface area contributed by atoms with Gasteiger partial charge < -0.3 is 24.4 Å². The summed E-state index contributed by atoms with van der Waals surface area (Å²) in [5, 5.41) is 19.0. The summed E-state index contributed by atoms with van der Waals surface area (Å²) >= 11 is 0. The molecule has 0 aromatic heterocycles. The smallest absolute Gasteiger partial charge is 0.123 e. The number of piperazine rings is 1. The first-order valence-electron chi connectivity index (χ1n) is 8.79. The van der Waals surface area contributed by atoms with Gasteiger partial charge in [-0.05, 0) is 12.1 Å². The monoisotopic (exact) mass is 354 g/mol. The Balaban J connectivity index is 1.53. The fourth-order valence-corrected chi connectivity index (χ4v) is 2.82. The van der Waals surface area contributed by atoms with E-state index in [1.54, 1.807) is 7.11 Å². The summed E-state index contributed by atoms with van der Waals surface area (Å²) in [6, 6.07) is 7.43. The minimum Gasteiger partial charge on any atom is -0.497 e. The molecule has 1 heterocycles. The molecular formula is C18H30N2O5. The van der Waals surface area contributed by atoms with Crippen LogP contribution in [0, 0.1) is 0 Å². The quantitative estimate of drug-likeness (QED) is 0.545. The molecule has 0 bridgehead atoms. The van der Waals surface area contributed by atoms with E-state index in [1.165, 1.54) is 0 Å². The fourth-order valence-electron chi connectivity index (χ4n) is 2.82. The Labute approximate surface area is 149 Å². The summed E-state index contributed by atoms with van der Waals surface area (Å²) in [6.07, 6.45) is -0.499. The van der Waals surface area contributed by atoms with E-state index < -0.39 is 6.10 Å². The van der Waals surface area contributed by atoms with Gasteiger partial charge in [-0.3, -0.25) is 9.80 Å². The van der Waals surface area contributed by atoms with Crippen LogP contribution in [-0.4, -0.2) is 98.9 Å². The van der Waals surface area contributed by atoms with Crippen LogP contribution < -0.4 is 9.47 Å². The lowest BCUT2D eigenvalue weighted by atomic mass is 10.2. The maximum Gasteiger partial charge on any atom is 0.123 e. The second-order valence-corrected chi connectivity index (χ2v) is 6.12. The molecule has 7 heteroatoms. The zero-order valence-electron chi connectivity index (χ0n) is 15.0. The summed E-state index contributed by atoms with van der Waals surface area (Å²) < 4.78 is 16.2. The fraction of sp³-hybridized carbons (Fsp3) is 0.667. The molecule has 1 aliphatic rings. The molecule has 0 spiro atoms. The van der Waals surface area contributed by atoms with Crippen molar-refractivity contribution in [2.75, 3.05) is 72.8 Å². The number of aliphatic hydroxyl groups is 2. The van der Waals surface area contributed by atoms with Crippen molar-refractivity contribution in [1.29, 1.82) is 0 Å². The minimum absolute atomic E-state index is 0.203. The SMILES string of the molecule is COc1cccc(OCCOC[C@H](O)CN2CCN(CCO)CC2)c1. The lowest BCUT2D eigenvalue weighted by molar-refractivity contribution is -0.000772. The first-order valence-corrected chi connectivity index (χ1v) is 8.79. The second kappa shape index (κ2) is 11.3. The molecule has 1 aromatic rings. The highest BCUT2D eigenvalue weighted by atomic mass is 16.5. The highest BCUT2D eigenvalue weighted by Crippen LogP contribution is 2.18. The van der Waals surface area contributed by atoms with Crippen molar-refractivity contribution in [3.63, 3.8) is 0 Å². The number of hydrogen-bond acceptors (Lipinski definition) is 7. The Morgan fingerprint density at radius 2 is 1.80 bits per heavy atom. The van der Waals surface area contributed by atoms with E-state index in [0.717, 1.165) is 44.2 Å². The highest BCUT2D eigenvalue weighted by Gasteiger charge is 2.18. The van der Waals surface area contributed by atoms with Crippen molar-refractivity contribution in [1.82, 2.24) is 9.80 Å². The lowest BCUT2D eigenvalue weighted by Gasteiger charge is -2.35. The molecule has 142 valence electrons. The Hall–Kier alpha value is -1.38. The largest absolute Gasteiger partial charge is 0.497 e. The number of nitrogens with zero attached hydrogens (tertiary/aromatic N) is 2. The molecule has 1 fully saturated rings. The van der Waals surface area contributed by atoms with Gasteiger partial charge in [-0.2, -0.15) is 0 Å². The van der Waals surface area contributed by atoms with E-state index in [4.69, 9.17) is 19.3 Å². The molecule has 2 rings (SSSR count). The van der Waals surface area contributed by atoms with Crippen molar-refractivity contribution < 1.29 is 24.4 Å². The molecule has 0 aliphatic carbocycles. The van der Waals surface area contributed by atoms with Gasteiger partial charge in [0.15, 0.2) is 0 Å². The van der Waals surface area contributed by atoms with Crippen molar-refractivity contribution >= 4 is 0 Å². The number of benzene rings is 1. The van der Waals surface area contributed by atoms with E-state index in [-0.39, 0.29) is 6.61 Å². The number of rotatable bonds is 11. The van der Waals surface area contributed by atoms with Crippen LogP contribution in [0.25, 0.3) is 0 Å². The van der Waals surface area contributed by atoms with Gasteiger partial charge in [0.25, 0.3) is 0 Å². The molecule has 1 saturated heterocycles. The molecular weight excluding hydrogens is 324 g/mol. The third-order valence-corrected chi connectivity index (χ3v) is 4.20. The van der Waals surface area contributed by atoms with Crippen LogP contribution in [0.5, 0.6) is 11.5 Å². The Bertz CT molecular complexity index is 480. The standard InChI is InChI=1S/C18H30N2O5/c1-23-17-3-2-4-18(13-17)25-12-11-24-15-16(22)14-20-7-5-19(6-8-20)9-10-21/h2-4,13,16,21-22H,5-12,14-15H2,1H3/t16-/m1/s1. The summed E-state index contributed by atoms with van der Waals surface area (Å²) in [4.78, 5) is 4.46. The van der Waals surface area contributed by atoms with Crippen molar-refractivity contribution in [2.45, 2.75) is 6.10 Å². The number of hydrogen-bond donors (Lipinski definition) is 2. The van der Waals surface area contributed by atoms with Gasteiger partial charge in [0.2, 0.25) is 0 Å². The van der Waals surface area contributed by atoms with Gasteiger partial charge in [0.1, 0.15) is 18.1 Å². The lowest BCUT2D eigenvalue weighted by Crippen LogP contribution is -2.49. The van der Waals surface area contributed by atoms with E-state index in [9.17, 15) is 5.11 Å². The van der Waals surface area contributed by atoms with E-state index in [1.807, 2.05) is 24.3 Å². The summed E-state index contributed by atoms with van der Waals surface area (Å²) in [6.45, 7) is 6.40. The minimum atomic E-state index is -0.499. The van der Waals surface area contributed by atoms with Crippen LogP contribution in [0.2, 0.25) is 0 Å². The topological polar surface area (TPSA) is 74.6 Å². The second-order valence-electron chi connectivity index (χ2n) is 6.12. The first-order chi connectivity index (χ1) is 12.2. The summed E-state index contributed by atoms with van der Waals surface area (Å²) in [7, 11) is 1.62. The predicted octanol–water partition coefficient (Wildman–Crippen LogP) is 0.0614. The van der Waals surface area contributed by atoms with Crippen LogP contribution in [-0.2, 0) is 4.74 Å². The van der Waals surface area contributed by atoms with Crippen LogP contribution in [0.4, 0.5) is 0 Å². The van der Waals surface area contributed by atoms with Crippen LogP contribution in [0.15, 0.2) is 24.3 Å². The molecule has 1 aliphatic heterocycles. The molecule has 2 N–H and O–H groups in total. The normalized spacial score (nSPS) is 17.4. The van der Waals surface area contributed by atoms with Crippen molar-refractivity contribution in [3.05, 3.63) is 24.3 Å². The van der Waals surface area contributed by atoms with Gasteiger partial charge in [-0.15, -0.1) is 0 Å². The third-order valence-electron chi connectivity index (χ3n) is 4.20. The van der Waals surface area contributed by atoms with E-state index in [0.29, 0.717) is 26.4 Å². The van der Waals surface area contributed by atoms with Gasteiger partial charge in [0, 0.05) is 45.3 Å². The number of β-amino-alcohol motifs (C(OH)–C–C–N with tert-alkyl or cyclic N) is 2. The van der Waals surface area contributed by atoms with Crippen molar-refractivity contribution in [3.8, 4) is 11.5 Å². The zero-order chi connectivity index (χ0) is 17.9. The van der Waals surface area contributed by atoms with Crippen LogP contribution in [0.3, 0.4) is 0 Å². The van der Waals surface area contributed by atoms with E-state index >= 15 is 0 Å². The number of aliphatic hydroxyl groups excluding tert-OH is 2. The number of methoxy groups -OCH3 is 1. The molecule has 0 radical (unpaired) electrons. The summed E-state index contributed by atoms with van der Waals surface area (Å²) in [5.41, 5.74) is 0. The average molecular weight is 354 g/mol. The molecule has 0 saturated carbocycles. The zero-order valence-corrected chi connectivity index (χ0v) is 15.0. The first kappa shape index (κ1) is 19.9. The van der Waals surface area contributed by atoms with Gasteiger partial charge in [0.05, 0.1) is 33.0 Å². The van der Waals surface area contributed by atoms with E-state index in [2.05, 4.69) is 9.80 Å². The van der Waals surface area contributed by atoms with Gasteiger partial charge in [-0.1, -0.05) is 6.07 Å². The molecule has 25 heavy (non-hydrogen) atoms. The van der Waals surface area contributed by atoms with Gasteiger partial charge in [-0.25, -0.2) is 0 Å². The average Bonchev–Trinajstić information content (AvgIpc) is 2.63. The maximum atomic E-state index is 10.1. The molecule has 0 unspecified atom stereocenters. The molecule has 0 amide bonds. The third kappa shape index (κ3) is 7.58. The van der Waals surface area contributed by atoms with Crippen molar-refractivity contribution in [2.24, 2.45) is 0 Å². The Morgan fingerprint density at radius 1 is 1.08 bits per heavy atom. The molecule has 1 atom stereocenters. The maximum absolute atomic E-state index is 10.1. The molecule has 7 nitrogen and oxygen atoms in total. The van der Waals surface area contributed by atoms with Gasteiger partial charge >= 0.3 is 0 Å². The highest BCUT2D eigenvalue weighted by molar-refractivity contribution is 5.32. The predicted molar refractivity (Wildman–Crippen MR) is 95.3 cm³/mol. The van der Waals surface area contributed by atoms with Crippen LogP contribution in [0.1, 0.15) is 0 Å². The number of ether oxygens (including phenoxy) is 3. The molecule has 1 aromatic carbocycles. The van der Waals surface area contributed by atoms with Crippen LogP contribution >= 0.6 is 0 Å². The summed E-state index contributed by atoms with van der Waals surface area (Å²) in [5.74, 6) is 1.50.